The van der Waals surface area contributed by atoms with Crippen LogP contribution in [-0.4, -0.2) is 21.4 Å². The van der Waals surface area contributed by atoms with Gasteiger partial charge in [0.2, 0.25) is 15.0 Å². The molecule has 2 rings (SSSR count). The number of carbonyl (C=O) groups is 1. The lowest BCUT2D eigenvalue weighted by Gasteiger charge is -2.26. The number of benzene rings is 1. The number of aryl methyl sites for hydroxylation is 1. The number of carbonyl (C=O) groups excluding carboxylic acids is 1. The average molecular weight is 274 g/mol. The minimum absolute atomic E-state index is 0.0789. The molecular weight excluding hydrogens is 262 g/mol. The van der Waals surface area contributed by atoms with Gasteiger partial charge in [0.25, 0.3) is 0 Å². The number of rotatable bonds is 2. The molecule has 0 fully saturated rings. The van der Waals surface area contributed by atoms with Gasteiger partial charge in [-0.25, -0.2) is 8.42 Å². The maximum absolute atomic E-state index is 11.5. The number of nitrogens with zero attached hydrogens (tertiary/aromatic N) is 1. The van der Waals surface area contributed by atoms with E-state index in [1.54, 1.807) is 30.1 Å². The Morgan fingerprint density at radius 1 is 1.35 bits per heavy atom. The number of halogens is 1. The summed E-state index contributed by atoms with van der Waals surface area (Å²) in [5, 5.41) is 0. The Bertz CT molecular complexity index is 568. The van der Waals surface area contributed by atoms with Gasteiger partial charge in [0.05, 0.1) is 5.75 Å². The molecule has 0 saturated heterocycles. The summed E-state index contributed by atoms with van der Waals surface area (Å²) in [6, 6.07) is 5.26. The van der Waals surface area contributed by atoms with E-state index < -0.39 is 9.05 Å². The Kier molecular flexibility index (Phi) is 3.14. The first-order valence-electron chi connectivity index (χ1n) is 5.17. The Labute approximate surface area is 105 Å². The molecule has 0 radical (unpaired) electrons. The fourth-order valence-electron chi connectivity index (χ4n) is 2.00. The SMILES string of the molecule is CN1C(=O)CCc2cc(CS(=O)(=O)Cl)ccc21. The van der Waals surface area contributed by atoms with Crippen LogP contribution in [0.2, 0.25) is 0 Å². The molecule has 0 spiro atoms. The van der Waals surface area contributed by atoms with E-state index >= 15 is 0 Å². The molecule has 1 aliphatic rings. The molecule has 0 bridgehead atoms. The second-order valence-corrected chi connectivity index (χ2v) is 6.88. The van der Waals surface area contributed by atoms with Gasteiger partial charge >= 0.3 is 0 Å². The Morgan fingerprint density at radius 2 is 2.06 bits per heavy atom. The topological polar surface area (TPSA) is 54.5 Å². The molecule has 0 saturated carbocycles. The van der Waals surface area contributed by atoms with Crippen molar-refractivity contribution in [2.75, 3.05) is 11.9 Å². The number of fused-ring (bicyclic) bond motifs is 1. The minimum Gasteiger partial charge on any atom is -0.315 e. The van der Waals surface area contributed by atoms with Gasteiger partial charge in [0.1, 0.15) is 0 Å². The van der Waals surface area contributed by atoms with Crippen molar-refractivity contribution in [2.45, 2.75) is 18.6 Å². The second-order valence-electron chi connectivity index (χ2n) is 4.10. The van der Waals surface area contributed by atoms with Gasteiger partial charge in [-0.3, -0.25) is 4.79 Å². The zero-order valence-electron chi connectivity index (χ0n) is 9.31. The number of anilines is 1. The van der Waals surface area contributed by atoms with Crippen molar-refractivity contribution in [1.82, 2.24) is 0 Å². The van der Waals surface area contributed by atoms with Gasteiger partial charge in [-0.05, 0) is 23.6 Å². The molecule has 0 unspecified atom stereocenters. The van der Waals surface area contributed by atoms with Crippen LogP contribution < -0.4 is 4.90 Å². The van der Waals surface area contributed by atoms with Crippen LogP contribution in [0.1, 0.15) is 17.5 Å². The quantitative estimate of drug-likeness (QED) is 0.770. The average Bonchev–Trinajstić information content (AvgIpc) is 2.21. The first-order chi connectivity index (χ1) is 7.87. The van der Waals surface area contributed by atoms with Crippen molar-refractivity contribution in [1.29, 1.82) is 0 Å². The van der Waals surface area contributed by atoms with E-state index in [9.17, 15) is 13.2 Å². The van der Waals surface area contributed by atoms with Crippen LogP contribution in [0.15, 0.2) is 18.2 Å². The highest BCUT2D eigenvalue weighted by Gasteiger charge is 2.21. The summed E-state index contributed by atoms with van der Waals surface area (Å²) < 4.78 is 22.0. The van der Waals surface area contributed by atoms with E-state index in [1.807, 2.05) is 0 Å². The molecule has 1 aromatic carbocycles. The summed E-state index contributed by atoms with van der Waals surface area (Å²) >= 11 is 0. The van der Waals surface area contributed by atoms with Crippen LogP contribution in [0.4, 0.5) is 5.69 Å². The lowest BCUT2D eigenvalue weighted by molar-refractivity contribution is -0.118. The molecule has 1 heterocycles. The van der Waals surface area contributed by atoms with Gasteiger partial charge in [-0.15, -0.1) is 0 Å². The van der Waals surface area contributed by atoms with Crippen molar-refractivity contribution in [3.05, 3.63) is 29.3 Å². The zero-order chi connectivity index (χ0) is 12.6. The normalized spacial score (nSPS) is 15.9. The van der Waals surface area contributed by atoms with E-state index in [1.165, 1.54) is 0 Å². The third-order valence-electron chi connectivity index (χ3n) is 2.83. The van der Waals surface area contributed by atoms with Crippen molar-refractivity contribution >= 4 is 31.3 Å². The Morgan fingerprint density at radius 3 is 2.71 bits per heavy atom. The van der Waals surface area contributed by atoms with Gasteiger partial charge in [0.15, 0.2) is 0 Å². The maximum atomic E-state index is 11.5. The van der Waals surface area contributed by atoms with Crippen LogP contribution in [0.5, 0.6) is 0 Å². The largest absolute Gasteiger partial charge is 0.315 e. The fraction of sp³-hybridized carbons (Fsp3) is 0.364. The zero-order valence-corrected chi connectivity index (χ0v) is 10.9. The molecule has 92 valence electrons. The molecule has 1 aromatic rings. The first kappa shape index (κ1) is 12.4. The van der Waals surface area contributed by atoms with Crippen LogP contribution in [0.3, 0.4) is 0 Å². The van der Waals surface area contributed by atoms with Crippen molar-refractivity contribution < 1.29 is 13.2 Å². The third kappa shape index (κ3) is 2.79. The number of amides is 1. The van der Waals surface area contributed by atoms with Crippen LogP contribution in [0.25, 0.3) is 0 Å². The summed E-state index contributed by atoms with van der Waals surface area (Å²) in [7, 11) is 3.39. The molecule has 1 amide bonds. The van der Waals surface area contributed by atoms with Crippen LogP contribution in [-0.2, 0) is 26.0 Å². The molecule has 0 aliphatic carbocycles. The lowest BCUT2D eigenvalue weighted by atomic mass is 10.00. The van der Waals surface area contributed by atoms with Crippen LogP contribution >= 0.6 is 10.7 Å². The summed E-state index contributed by atoms with van der Waals surface area (Å²) in [5.41, 5.74) is 2.49. The Balaban J connectivity index is 2.36. The van der Waals surface area contributed by atoms with Crippen molar-refractivity contribution in [3.8, 4) is 0 Å². The van der Waals surface area contributed by atoms with E-state index in [-0.39, 0.29) is 11.7 Å². The summed E-state index contributed by atoms with van der Waals surface area (Å²) in [4.78, 5) is 13.1. The number of hydrogen-bond acceptors (Lipinski definition) is 3. The van der Waals surface area contributed by atoms with Gasteiger partial charge in [-0.2, -0.15) is 0 Å². The molecule has 1 aliphatic heterocycles. The molecule has 0 N–H and O–H groups in total. The summed E-state index contributed by atoms with van der Waals surface area (Å²) in [6.07, 6.45) is 1.11. The molecule has 4 nitrogen and oxygen atoms in total. The monoisotopic (exact) mass is 273 g/mol. The van der Waals surface area contributed by atoms with E-state index in [2.05, 4.69) is 0 Å². The van der Waals surface area contributed by atoms with E-state index in [0.717, 1.165) is 11.3 Å². The molecule has 0 aromatic heterocycles. The highest BCUT2D eigenvalue weighted by Crippen LogP contribution is 2.28. The second kappa shape index (κ2) is 4.31. The van der Waals surface area contributed by atoms with Gasteiger partial charge in [0, 0.05) is 29.8 Å². The Hall–Kier alpha value is -1.07. The highest BCUT2D eigenvalue weighted by molar-refractivity contribution is 8.13. The van der Waals surface area contributed by atoms with E-state index in [4.69, 9.17) is 10.7 Å². The van der Waals surface area contributed by atoms with E-state index in [0.29, 0.717) is 18.4 Å². The first-order valence-corrected chi connectivity index (χ1v) is 7.65. The van der Waals surface area contributed by atoms with Gasteiger partial charge in [-0.1, -0.05) is 12.1 Å². The smallest absolute Gasteiger partial charge is 0.236 e. The van der Waals surface area contributed by atoms with Gasteiger partial charge < -0.3 is 4.90 Å². The molecular formula is C11H12ClNO3S. The highest BCUT2D eigenvalue weighted by atomic mass is 35.7. The predicted octanol–water partition coefficient (Wildman–Crippen LogP) is 1.66. The molecule has 6 heteroatoms. The predicted molar refractivity (Wildman–Crippen MR) is 66.6 cm³/mol. The lowest BCUT2D eigenvalue weighted by Crippen LogP contribution is -2.31. The van der Waals surface area contributed by atoms with Crippen molar-refractivity contribution in [2.24, 2.45) is 0 Å². The maximum Gasteiger partial charge on any atom is 0.236 e. The minimum atomic E-state index is -3.54. The third-order valence-corrected chi connectivity index (χ3v) is 3.83. The number of hydrogen-bond donors (Lipinski definition) is 0. The fourth-order valence-corrected chi connectivity index (χ4v) is 2.95. The summed E-state index contributed by atoms with van der Waals surface area (Å²) in [6.45, 7) is 0. The van der Waals surface area contributed by atoms with Crippen molar-refractivity contribution in [3.63, 3.8) is 0 Å². The molecule has 17 heavy (non-hydrogen) atoms. The summed E-state index contributed by atoms with van der Waals surface area (Å²) in [5.74, 6) is -0.102. The standard InChI is InChI=1S/C11H12ClNO3S/c1-13-10-4-2-8(7-17(12,15)16)6-9(10)3-5-11(13)14/h2,4,6H,3,5,7H2,1H3. The van der Waals surface area contributed by atoms with Crippen LogP contribution in [0, 0.1) is 0 Å². The molecule has 0 atom stereocenters.